The molecule has 0 spiro atoms. The summed E-state index contributed by atoms with van der Waals surface area (Å²) < 4.78 is 9.65. The molecule has 3 nitrogen and oxygen atoms in total. The molecule has 5 heteroatoms. The summed E-state index contributed by atoms with van der Waals surface area (Å²) in [5.41, 5.74) is 7.65. The van der Waals surface area contributed by atoms with Crippen LogP contribution in [0.4, 0.5) is 5.69 Å². The van der Waals surface area contributed by atoms with E-state index in [-0.39, 0.29) is 0 Å². The Morgan fingerprint density at radius 1 is 1.00 bits per heavy atom. The van der Waals surface area contributed by atoms with Gasteiger partial charge in [-0.2, -0.15) is 4.57 Å². The number of benzene rings is 2. The van der Waals surface area contributed by atoms with Crippen LogP contribution < -0.4 is 9.47 Å². The Morgan fingerprint density at radius 2 is 1.82 bits per heavy atom. The van der Waals surface area contributed by atoms with E-state index in [9.17, 15) is 0 Å². The lowest BCUT2D eigenvalue weighted by Gasteiger charge is -2.18. The van der Waals surface area contributed by atoms with Crippen molar-refractivity contribution >= 4 is 45.1 Å². The molecular formula is C29H31N2OS2+. The molecule has 0 saturated heterocycles. The van der Waals surface area contributed by atoms with E-state index < -0.39 is 0 Å². The Bertz CT molecular complexity index is 1360. The molecule has 0 atom stereocenters. The first-order valence-corrected chi connectivity index (χ1v) is 13.5. The van der Waals surface area contributed by atoms with Crippen LogP contribution in [0.25, 0.3) is 16.3 Å². The smallest absolute Gasteiger partial charge is 0.262 e. The second kappa shape index (κ2) is 9.95. The maximum Gasteiger partial charge on any atom is 0.262 e. The fraction of sp³-hybridized carbons (Fsp3) is 0.276. The number of hydrogen-bond donors (Lipinski definition) is 0. The Kier molecular flexibility index (Phi) is 6.77. The van der Waals surface area contributed by atoms with Crippen molar-refractivity contribution in [3.63, 3.8) is 0 Å². The molecule has 2 aliphatic heterocycles. The highest BCUT2D eigenvalue weighted by Gasteiger charge is 2.23. The van der Waals surface area contributed by atoms with Gasteiger partial charge in [-0.15, -0.1) is 0 Å². The highest BCUT2D eigenvalue weighted by molar-refractivity contribution is 8.03. The van der Waals surface area contributed by atoms with E-state index in [4.69, 9.17) is 4.74 Å². The number of fused-ring (bicyclic) bond motifs is 2. The van der Waals surface area contributed by atoms with Gasteiger partial charge in [-0.25, -0.2) is 0 Å². The molecule has 1 aromatic heterocycles. The van der Waals surface area contributed by atoms with Crippen molar-refractivity contribution in [1.29, 1.82) is 0 Å². The average molecular weight is 488 g/mol. The van der Waals surface area contributed by atoms with Crippen LogP contribution in [0.1, 0.15) is 30.0 Å². The molecule has 174 valence electrons. The number of thioether (sulfide) groups is 1. The summed E-state index contributed by atoms with van der Waals surface area (Å²) in [6, 6.07) is 13.4. The molecule has 3 heterocycles. The van der Waals surface area contributed by atoms with E-state index in [1.165, 1.54) is 53.1 Å². The van der Waals surface area contributed by atoms with Gasteiger partial charge in [0.15, 0.2) is 0 Å². The fourth-order valence-electron chi connectivity index (χ4n) is 4.48. The van der Waals surface area contributed by atoms with Crippen LogP contribution in [-0.2, 0) is 11.3 Å². The van der Waals surface area contributed by atoms with Gasteiger partial charge in [-0.3, -0.25) is 0 Å². The zero-order chi connectivity index (χ0) is 23.7. The number of nitrogens with zero attached hydrogens (tertiary/aromatic N) is 2. The predicted octanol–water partition coefficient (Wildman–Crippen LogP) is 7.20. The summed E-state index contributed by atoms with van der Waals surface area (Å²) in [7, 11) is 0. The third-order valence-electron chi connectivity index (χ3n) is 6.19. The molecule has 0 aliphatic carbocycles. The number of rotatable bonds is 5. The van der Waals surface area contributed by atoms with E-state index in [2.05, 4.69) is 104 Å². The van der Waals surface area contributed by atoms with Gasteiger partial charge in [0.05, 0.1) is 23.9 Å². The minimum atomic E-state index is 0.654. The normalized spacial score (nSPS) is 18.5. The minimum absolute atomic E-state index is 0.654. The van der Waals surface area contributed by atoms with E-state index in [0.29, 0.717) is 13.2 Å². The fourth-order valence-corrected chi connectivity index (χ4v) is 6.70. The highest BCUT2D eigenvalue weighted by atomic mass is 32.2. The summed E-state index contributed by atoms with van der Waals surface area (Å²) in [6.07, 6.45) is 11.2. The van der Waals surface area contributed by atoms with Crippen molar-refractivity contribution in [3.05, 3.63) is 93.0 Å². The molecule has 0 radical (unpaired) electrons. The van der Waals surface area contributed by atoms with Gasteiger partial charge in [-0.1, -0.05) is 47.4 Å². The number of ether oxygens (including phenoxy) is 1. The quantitative estimate of drug-likeness (QED) is 0.354. The molecule has 5 rings (SSSR count). The first-order chi connectivity index (χ1) is 16.6. The lowest BCUT2D eigenvalue weighted by Crippen LogP contribution is -2.33. The van der Waals surface area contributed by atoms with Crippen molar-refractivity contribution in [2.24, 2.45) is 0 Å². The van der Waals surface area contributed by atoms with Crippen molar-refractivity contribution < 1.29 is 9.30 Å². The lowest BCUT2D eigenvalue weighted by atomic mass is 10.1. The van der Waals surface area contributed by atoms with E-state index in [1.54, 1.807) is 0 Å². The molecule has 0 saturated carbocycles. The second-order valence-electron chi connectivity index (χ2n) is 8.77. The molecule has 0 N–H and O–H groups in total. The third kappa shape index (κ3) is 4.65. The van der Waals surface area contributed by atoms with Crippen LogP contribution in [0.15, 0.2) is 81.8 Å². The monoisotopic (exact) mass is 487 g/mol. The molecule has 3 aromatic rings. The number of anilines is 1. The summed E-state index contributed by atoms with van der Waals surface area (Å²) >= 11 is 3.69. The van der Waals surface area contributed by atoms with Crippen molar-refractivity contribution in [2.75, 3.05) is 24.7 Å². The first kappa shape index (κ1) is 23.2. The van der Waals surface area contributed by atoms with Gasteiger partial charge in [0, 0.05) is 23.6 Å². The largest absolute Gasteiger partial charge is 0.372 e. The Labute approximate surface area is 210 Å². The molecule has 34 heavy (non-hydrogen) atoms. The number of aryl methyl sites for hydroxylation is 3. The van der Waals surface area contributed by atoms with Gasteiger partial charge in [-0.05, 0) is 80.3 Å². The van der Waals surface area contributed by atoms with Gasteiger partial charge in [0.1, 0.15) is 11.2 Å². The maximum atomic E-state index is 5.92. The van der Waals surface area contributed by atoms with Crippen LogP contribution >= 0.6 is 23.1 Å². The number of aromatic nitrogens is 1. The summed E-state index contributed by atoms with van der Waals surface area (Å²) in [5.74, 6) is 0. The zero-order valence-corrected chi connectivity index (χ0v) is 21.9. The molecular weight excluding hydrogens is 456 g/mol. The standard InChI is InChI=1S/C29H31N2OS2/c1-5-30-24-15-20(3)7-11-26(24)33-28(30)13-9-22-17-23(19-32-18-22)10-14-29-31(6-2)25-16-21(4)8-12-27(25)34-29/h7-17H,5-6,18-19H2,1-4H3/q+1. The van der Waals surface area contributed by atoms with Crippen molar-refractivity contribution in [2.45, 2.75) is 39.1 Å². The topological polar surface area (TPSA) is 16.4 Å². The molecule has 0 amide bonds. The van der Waals surface area contributed by atoms with E-state index in [1.807, 2.05) is 23.1 Å². The van der Waals surface area contributed by atoms with Crippen LogP contribution in [0, 0.1) is 13.8 Å². The van der Waals surface area contributed by atoms with Gasteiger partial charge in [0.2, 0.25) is 5.52 Å². The van der Waals surface area contributed by atoms with Gasteiger partial charge in [0.25, 0.3) is 5.01 Å². The number of allylic oxidation sites excluding steroid dienone is 2. The number of hydrogen-bond acceptors (Lipinski definition) is 4. The van der Waals surface area contributed by atoms with E-state index in [0.717, 1.165) is 13.1 Å². The summed E-state index contributed by atoms with van der Waals surface area (Å²) in [6.45, 7) is 12.0. The SMILES string of the molecule is CCN1/C(=C/C=C2C=C(/C=C/c3sc4ccc(C)cc4[n+]3CC)COC\2)Sc2ccc(C)cc21. The van der Waals surface area contributed by atoms with Gasteiger partial charge >= 0.3 is 0 Å². The van der Waals surface area contributed by atoms with E-state index >= 15 is 0 Å². The molecule has 0 unspecified atom stereocenters. The summed E-state index contributed by atoms with van der Waals surface area (Å²) in [5, 5.41) is 2.55. The Morgan fingerprint density at radius 3 is 2.65 bits per heavy atom. The van der Waals surface area contributed by atoms with Gasteiger partial charge < -0.3 is 9.64 Å². The van der Waals surface area contributed by atoms with Crippen LogP contribution in [0.3, 0.4) is 0 Å². The number of thiazole rings is 1. The van der Waals surface area contributed by atoms with Crippen LogP contribution in [0.2, 0.25) is 0 Å². The molecule has 0 fully saturated rings. The van der Waals surface area contributed by atoms with Crippen molar-refractivity contribution in [1.82, 2.24) is 0 Å². The minimum Gasteiger partial charge on any atom is -0.372 e. The van der Waals surface area contributed by atoms with Crippen LogP contribution in [0.5, 0.6) is 0 Å². The average Bonchev–Trinajstić information content (AvgIpc) is 3.37. The first-order valence-electron chi connectivity index (χ1n) is 11.9. The highest BCUT2D eigenvalue weighted by Crippen LogP contribution is 2.46. The third-order valence-corrected chi connectivity index (χ3v) is 8.45. The summed E-state index contributed by atoms with van der Waals surface area (Å²) in [4.78, 5) is 3.73. The predicted molar refractivity (Wildman–Crippen MR) is 147 cm³/mol. The molecule has 0 bridgehead atoms. The molecule has 2 aromatic carbocycles. The van der Waals surface area contributed by atoms with Crippen molar-refractivity contribution in [3.8, 4) is 0 Å². The Balaban J connectivity index is 1.38. The van der Waals surface area contributed by atoms with Crippen LogP contribution in [-0.4, -0.2) is 19.8 Å². The second-order valence-corrected chi connectivity index (χ2v) is 10.9. The Hall–Kier alpha value is -2.60. The zero-order valence-electron chi connectivity index (χ0n) is 20.3. The maximum absolute atomic E-state index is 5.92. The molecule has 2 aliphatic rings. The lowest BCUT2D eigenvalue weighted by molar-refractivity contribution is -0.665.